The van der Waals surface area contributed by atoms with Crippen molar-refractivity contribution in [1.82, 2.24) is 29.7 Å². The standard InChI is InChI=1S/C23H22F2N6O3/c1-30-10-15(8-27-30)14-6-18(24)16(19(25)7-14)4-13-5-17(22-26-12-28-31(22)9-13)23(33)29-20-2-3-34-11-21(20)32/h5-10,12,20-21,32H,2-4,11H2,1H3,(H,29,33)/t20-,21-/m0/s1. The van der Waals surface area contributed by atoms with Gasteiger partial charge in [-0.05, 0) is 35.7 Å². The van der Waals surface area contributed by atoms with Crippen molar-refractivity contribution in [1.29, 1.82) is 0 Å². The summed E-state index contributed by atoms with van der Waals surface area (Å²) in [6.07, 6.45) is 5.63. The Bertz CT molecular complexity index is 1350. The van der Waals surface area contributed by atoms with Gasteiger partial charge in [0.25, 0.3) is 5.91 Å². The normalized spacial score (nSPS) is 18.4. The number of aliphatic hydroxyl groups is 1. The molecule has 9 nitrogen and oxygen atoms in total. The molecular formula is C23H22F2N6O3. The fraction of sp³-hybridized carbons (Fsp3) is 0.304. The third-order valence-electron chi connectivity index (χ3n) is 5.88. The van der Waals surface area contributed by atoms with Crippen LogP contribution in [0.4, 0.5) is 8.78 Å². The van der Waals surface area contributed by atoms with E-state index in [9.17, 15) is 18.7 Å². The van der Waals surface area contributed by atoms with Crippen LogP contribution in [0.15, 0.2) is 43.1 Å². The van der Waals surface area contributed by atoms with Crippen molar-refractivity contribution in [3.8, 4) is 11.1 Å². The van der Waals surface area contributed by atoms with Crippen molar-refractivity contribution in [3.05, 3.63) is 71.4 Å². The maximum Gasteiger partial charge on any atom is 0.255 e. The maximum atomic E-state index is 14.9. The smallest absolute Gasteiger partial charge is 0.255 e. The van der Waals surface area contributed by atoms with Crippen molar-refractivity contribution in [2.24, 2.45) is 7.05 Å². The highest BCUT2D eigenvalue weighted by Gasteiger charge is 2.27. The number of benzene rings is 1. The molecule has 1 amide bonds. The summed E-state index contributed by atoms with van der Waals surface area (Å²) >= 11 is 0. The molecule has 2 N–H and O–H groups in total. The maximum absolute atomic E-state index is 14.9. The summed E-state index contributed by atoms with van der Waals surface area (Å²) in [7, 11) is 1.72. The Balaban J connectivity index is 1.45. The zero-order valence-electron chi connectivity index (χ0n) is 18.3. The van der Waals surface area contributed by atoms with Gasteiger partial charge in [-0.15, -0.1) is 0 Å². The average Bonchev–Trinajstić information content (AvgIpc) is 3.46. The Morgan fingerprint density at radius 3 is 2.71 bits per heavy atom. The number of nitrogens with zero attached hydrogens (tertiary/aromatic N) is 5. The lowest BCUT2D eigenvalue weighted by atomic mass is 10.00. The predicted molar refractivity (Wildman–Crippen MR) is 117 cm³/mol. The summed E-state index contributed by atoms with van der Waals surface area (Å²) in [5.74, 6) is -1.86. The van der Waals surface area contributed by atoms with Crippen molar-refractivity contribution >= 4 is 11.6 Å². The van der Waals surface area contributed by atoms with Crippen LogP contribution in [0.25, 0.3) is 16.8 Å². The number of hydrogen-bond donors (Lipinski definition) is 2. The molecule has 0 aliphatic carbocycles. The predicted octanol–water partition coefficient (Wildman–Crippen LogP) is 1.88. The molecule has 1 aliphatic heterocycles. The van der Waals surface area contributed by atoms with Crippen LogP contribution in [0.3, 0.4) is 0 Å². The molecule has 34 heavy (non-hydrogen) atoms. The molecule has 0 bridgehead atoms. The second-order valence-corrected chi connectivity index (χ2v) is 8.30. The minimum Gasteiger partial charge on any atom is -0.389 e. The van der Waals surface area contributed by atoms with E-state index in [0.717, 1.165) is 0 Å². The van der Waals surface area contributed by atoms with Gasteiger partial charge >= 0.3 is 0 Å². The van der Waals surface area contributed by atoms with E-state index in [0.29, 0.717) is 35.4 Å². The highest BCUT2D eigenvalue weighted by molar-refractivity contribution is 6.00. The van der Waals surface area contributed by atoms with Gasteiger partial charge < -0.3 is 15.2 Å². The minimum atomic E-state index is -0.823. The quantitative estimate of drug-likeness (QED) is 0.463. The first-order chi connectivity index (χ1) is 16.4. The monoisotopic (exact) mass is 468 g/mol. The van der Waals surface area contributed by atoms with Gasteiger partial charge in [0.05, 0.1) is 30.5 Å². The van der Waals surface area contributed by atoms with Crippen LogP contribution in [0, 0.1) is 11.6 Å². The van der Waals surface area contributed by atoms with E-state index in [1.165, 1.54) is 29.2 Å². The highest BCUT2D eigenvalue weighted by atomic mass is 19.1. The highest BCUT2D eigenvalue weighted by Crippen LogP contribution is 2.26. The Labute approximate surface area is 193 Å². The summed E-state index contributed by atoms with van der Waals surface area (Å²) < 4.78 is 38.0. The average molecular weight is 468 g/mol. The Hall–Kier alpha value is -3.70. The van der Waals surface area contributed by atoms with Gasteiger partial charge in [-0.25, -0.2) is 18.3 Å². The third-order valence-corrected chi connectivity index (χ3v) is 5.88. The molecule has 0 saturated carbocycles. The topological polar surface area (TPSA) is 107 Å². The molecule has 0 radical (unpaired) electrons. The fourth-order valence-corrected chi connectivity index (χ4v) is 4.10. The number of ether oxygens (including phenoxy) is 1. The van der Waals surface area contributed by atoms with Gasteiger partial charge in [0.2, 0.25) is 0 Å². The first kappa shape index (κ1) is 22.1. The van der Waals surface area contributed by atoms with Gasteiger partial charge in [0.15, 0.2) is 5.65 Å². The second kappa shape index (κ2) is 8.92. The van der Waals surface area contributed by atoms with Gasteiger partial charge in [-0.3, -0.25) is 9.48 Å². The van der Waals surface area contributed by atoms with E-state index in [1.54, 1.807) is 30.2 Å². The SMILES string of the molecule is Cn1cc(-c2cc(F)c(Cc3cc(C(=O)N[C@H]4CCOC[C@@H]4O)c4ncnn4c3)c(F)c2)cn1. The van der Waals surface area contributed by atoms with E-state index in [4.69, 9.17) is 4.74 Å². The van der Waals surface area contributed by atoms with Crippen molar-refractivity contribution in [2.45, 2.75) is 25.0 Å². The minimum absolute atomic E-state index is 0.0963. The van der Waals surface area contributed by atoms with Crippen LogP contribution >= 0.6 is 0 Å². The van der Waals surface area contributed by atoms with Crippen LogP contribution in [-0.2, 0) is 18.2 Å². The molecule has 2 atom stereocenters. The number of carbonyl (C=O) groups excluding carboxylic acids is 1. The van der Waals surface area contributed by atoms with Gasteiger partial charge in [0.1, 0.15) is 18.0 Å². The molecule has 1 fully saturated rings. The number of halogens is 2. The molecule has 5 rings (SSSR count). The van der Waals surface area contributed by atoms with Crippen molar-refractivity contribution in [2.75, 3.05) is 13.2 Å². The van der Waals surface area contributed by atoms with Crippen molar-refractivity contribution < 1.29 is 23.4 Å². The van der Waals surface area contributed by atoms with Crippen LogP contribution < -0.4 is 5.32 Å². The lowest BCUT2D eigenvalue weighted by molar-refractivity contribution is -0.0260. The fourth-order valence-electron chi connectivity index (χ4n) is 4.10. The number of nitrogens with one attached hydrogen (secondary N) is 1. The number of fused-ring (bicyclic) bond motifs is 1. The molecule has 1 saturated heterocycles. The molecule has 1 aromatic carbocycles. The van der Waals surface area contributed by atoms with E-state index in [-0.39, 0.29) is 24.2 Å². The first-order valence-electron chi connectivity index (χ1n) is 10.7. The summed E-state index contributed by atoms with van der Waals surface area (Å²) in [5, 5.41) is 21.0. The van der Waals surface area contributed by atoms with Crippen LogP contribution in [-0.4, -0.2) is 60.8 Å². The number of carbonyl (C=O) groups is 1. The molecule has 11 heteroatoms. The summed E-state index contributed by atoms with van der Waals surface area (Å²) in [6, 6.07) is 3.61. The Morgan fingerprint density at radius 2 is 2.00 bits per heavy atom. The Kier molecular flexibility index (Phi) is 5.80. The molecule has 0 unspecified atom stereocenters. The zero-order valence-corrected chi connectivity index (χ0v) is 18.3. The molecule has 3 aromatic heterocycles. The van der Waals surface area contributed by atoms with Gasteiger partial charge in [-0.2, -0.15) is 10.2 Å². The molecule has 1 aliphatic rings. The zero-order chi connectivity index (χ0) is 23.8. The number of hydrogen-bond acceptors (Lipinski definition) is 6. The van der Waals surface area contributed by atoms with E-state index < -0.39 is 29.7 Å². The lowest BCUT2D eigenvalue weighted by Gasteiger charge is -2.28. The van der Waals surface area contributed by atoms with Crippen molar-refractivity contribution in [3.63, 3.8) is 0 Å². The van der Waals surface area contributed by atoms with E-state index in [1.807, 2.05) is 0 Å². The number of aryl methyl sites for hydroxylation is 1. The van der Waals surface area contributed by atoms with Crippen LogP contribution in [0.5, 0.6) is 0 Å². The molecule has 4 aromatic rings. The third kappa shape index (κ3) is 4.27. The summed E-state index contributed by atoms with van der Waals surface area (Å²) in [6.45, 7) is 0.564. The van der Waals surface area contributed by atoms with Crippen LogP contribution in [0.2, 0.25) is 0 Å². The van der Waals surface area contributed by atoms with E-state index >= 15 is 0 Å². The molecule has 176 valence electrons. The largest absolute Gasteiger partial charge is 0.389 e. The van der Waals surface area contributed by atoms with Gasteiger partial charge in [0, 0.05) is 43.6 Å². The Morgan fingerprint density at radius 1 is 1.21 bits per heavy atom. The van der Waals surface area contributed by atoms with E-state index in [2.05, 4.69) is 20.5 Å². The molecule has 4 heterocycles. The summed E-state index contributed by atoms with van der Waals surface area (Å²) in [4.78, 5) is 17.1. The molecular weight excluding hydrogens is 446 g/mol. The lowest BCUT2D eigenvalue weighted by Crippen LogP contribution is -2.48. The van der Waals surface area contributed by atoms with Gasteiger partial charge in [-0.1, -0.05) is 0 Å². The summed E-state index contributed by atoms with van der Waals surface area (Å²) in [5.41, 5.74) is 1.83. The van der Waals surface area contributed by atoms with Crippen LogP contribution in [0.1, 0.15) is 27.9 Å². The first-order valence-corrected chi connectivity index (χ1v) is 10.7. The number of amides is 1. The second-order valence-electron chi connectivity index (χ2n) is 8.30. The molecule has 0 spiro atoms. The number of pyridine rings is 1. The number of aliphatic hydroxyl groups excluding tert-OH is 1. The number of aromatic nitrogens is 5. The number of rotatable bonds is 5.